The van der Waals surface area contributed by atoms with Crippen molar-refractivity contribution in [2.24, 2.45) is 5.41 Å². The van der Waals surface area contributed by atoms with Crippen LogP contribution in [-0.2, 0) is 4.79 Å². The van der Waals surface area contributed by atoms with E-state index in [0.717, 1.165) is 0 Å². The summed E-state index contributed by atoms with van der Waals surface area (Å²) in [5.74, 6) is -1.53. The summed E-state index contributed by atoms with van der Waals surface area (Å²) in [6.45, 7) is -0.647. The molecule has 0 bridgehead atoms. The van der Waals surface area contributed by atoms with Gasteiger partial charge in [0.15, 0.2) is 11.1 Å². The Morgan fingerprint density at radius 1 is 1.38 bits per heavy atom. The SMILES string of the molecule is O=C(O)C1(C(F)(F)F)CCN(c2ccn3nccc3n2)C1. The van der Waals surface area contributed by atoms with E-state index in [9.17, 15) is 18.0 Å². The molecule has 0 amide bonds. The number of nitrogens with zero attached hydrogens (tertiary/aromatic N) is 4. The van der Waals surface area contributed by atoms with Gasteiger partial charge in [0.2, 0.25) is 0 Å². The maximum Gasteiger partial charge on any atom is 0.406 e. The van der Waals surface area contributed by atoms with Crippen molar-refractivity contribution in [2.75, 3.05) is 18.0 Å². The third kappa shape index (κ3) is 1.99. The molecular formula is C12H11F3N4O2. The molecule has 2 aromatic heterocycles. The smallest absolute Gasteiger partial charge is 0.406 e. The standard InChI is InChI=1S/C12H11F3N4O2/c13-12(14,15)11(10(20)21)3-6-18(7-11)8-2-5-19-9(17-8)1-4-16-19/h1-2,4-5H,3,6-7H2,(H,20,21). The molecule has 0 saturated carbocycles. The van der Waals surface area contributed by atoms with Gasteiger partial charge in [-0.15, -0.1) is 0 Å². The van der Waals surface area contributed by atoms with Crippen LogP contribution in [0.4, 0.5) is 19.0 Å². The molecule has 9 heteroatoms. The summed E-state index contributed by atoms with van der Waals surface area (Å²) in [6, 6.07) is 3.14. The van der Waals surface area contributed by atoms with Crippen molar-refractivity contribution in [3.05, 3.63) is 24.5 Å². The number of halogens is 3. The second kappa shape index (κ2) is 4.34. The van der Waals surface area contributed by atoms with Gasteiger partial charge >= 0.3 is 12.1 Å². The number of anilines is 1. The van der Waals surface area contributed by atoms with Gasteiger partial charge in [-0.3, -0.25) is 4.79 Å². The van der Waals surface area contributed by atoms with Crippen molar-refractivity contribution in [3.8, 4) is 0 Å². The molecule has 1 aliphatic rings. The molecule has 0 spiro atoms. The van der Waals surface area contributed by atoms with Crippen LogP contribution < -0.4 is 4.90 Å². The summed E-state index contributed by atoms with van der Waals surface area (Å²) in [4.78, 5) is 16.7. The summed E-state index contributed by atoms with van der Waals surface area (Å²) in [7, 11) is 0. The highest BCUT2D eigenvalue weighted by Gasteiger charge is 2.63. The van der Waals surface area contributed by atoms with Crippen LogP contribution in [0.15, 0.2) is 24.5 Å². The maximum absolute atomic E-state index is 13.1. The number of alkyl halides is 3. The van der Waals surface area contributed by atoms with E-state index in [4.69, 9.17) is 5.11 Å². The van der Waals surface area contributed by atoms with Crippen molar-refractivity contribution < 1.29 is 23.1 Å². The first-order valence-electron chi connectivity index (χ1n) is 6.19. The Balaban J connectivity index is 1.93. The second-order valence-corrected chi connectivity index (χ2v) is 4.98. The van der Waals surface area contributed by atoms with E-state index in [1.165, 1.54) is 21.7 Å². The first kappa shape index (κ1) is 13.7. The van der Waals surface area contributed by atoms with Crippen molar-refractivity contribution in [2.45, 2.75) is 12.6 Å². The van der Waals surface area contributed by atoms with E-state index in [1.54, 1.807) is 12.3 Å². The number of carbonyl (C=O) groups is 1. The van der Waals surface area contributed by atoms with Gasteiger partial charge in [-0.1, -0.05) is 0 Å². The third-order valence-corrected chi connectivity index (χ3v) is 3.79. The van der Waals surface area contributed by atoms with Crippen molar-refractivity contribution in [1.82, 2.24) is 14.6 Å². The summed E-state index contributed by atoms with van der Waals surface area (Å²) in [6.07, 6.45) is -2.19. The molecule has 6 nitrogen and oxygen atoms in total. The largest absolute Gasteiger partial charge is 0.481 e. The first-order chi connectivity index (χ1) is 9.83. The van der Waals surface area contributed by atoms with Gasteiger partial charge in [0.25, 0.3) is 0 Å². The fourth-order valence-corrected chi connectivity index (χ4v) is 2.51. The Hall–Kier alpha value is -2.32. The minimum absolute atomic E-state index is 0.0108. The molecule has 0 aliphatic carbocycles. The number of rotatable bonds is 2. The van der Waals surface area contributed by atoms with Crippen LogP contribution in [0.25, 0.3) is 5.65 Å². The molecule has 1 atom stereocenters. The monoisotopic (exact) mass is 300 g/mol. The summed E-state index contributed by atoms with van der Waals surface area (Å²) in [5.41, 5.74) is -2.24. The molecule has 1 unspecified atom stereocenters. The Bertz CT molecular complexity index is 699. The molecule has 3 rings (SSSR count). The third-order valence-electron chi connectivity index (χ3n) is 3.79. The van der Waals surface area contributed by atoms with Gasteiger partial charge < -0.3 is 10.0 Å². The van der Waals surface area contributed by atoms with Crippen LogP contribution in [0, 0.1) is 5.41 Å². The number of hydrogen-bond donors (Lipinski definition) is 1. The molecule has 2 aromatic rings. The average Bonchev–Trinajstić information content (AvgIpc) is 3.04. The van der Waals surface area contributed by atoms with E-state index in [0.29, 0.717) is 11.5 Å². The highest BCUT2D eigenvalue weighted by molar-refractivity contribution is 5.78. The Labute approximate surface area is 116 Å². The zero-order chi connectivity index (χ0) is 15.3. The molecule has 1 aliphatic heterocycles. The summed E-state index contributed by atoms with van der Waals surface area (Å²) >= 11 is 0. The van der Waals surface area contributed by atoms with Crippen molar-refractivity contribution >= 4 is 17.4 Å². The Kier molecular flexibility index (Phi) is 2.82. The van der Waals surface area contributed by atoms with Crippen LogP contribution in [0.1, 0.15) is 6.42 Å². The van der Waals surface area contributed by atoms with Gasteiger partial charge in [-0.05, 0) is 12.5 Å². The van der Waals surface area contributed by atoms with Crippen molar-refractivity contribution in [1.29, 1.82) is 0 Å². The van der Waals surface area contributed by atoms with Gasteiger partial charge in [0.05, 0.1) is 6.20 Å². The van der Waals surface area contributed by atoms with E-state index in [-0.39, 0.29) is 6.54 Å². The minimum atomic E-state index is -4.80. The Morgan fingerprint density at radius 3 is 2.76 bits per heavy atom. The lowest BCUT2D eigenvalue weighted by atomic mass is 9.86. The number of hydrogen-bond acceptors (Lipinski definition) is 4. The number of fused-ring (bicyclic) bond motifs is 1. The van der Waals surface area contributed by atoms with Gasteiger partial charge in [-0.25, -0.2) is 9.50 Å². The molecule has 1 saturated heterocycles. The Morgan fingerprint density at radius 2 is 2.14 bits per heavy atom. The minimum Gasteiger partial charge on any atom is -0.481 e. The van der Waals surface area contributed by atoms with E-state index in [1.807, 2.05) is 0 Å². The molecule has 0 aromatic carbocycles. The topological polar surface area (TPSA) is 70.7 Å². The fourth-order valence-electron chi connectivity index (χ4n) is 2.51. The molecule has 21 heavy (non-hydrogen) atoms. The van der Waals surface area contributed by atoms with Crippen LogP contribution >= 0.6 is 0 Å². The lowest BCUT2D eigenvalue weighted by Crippen LogP contribution is -2.47. The molecule has 0 radical (unpaired) electrons. The average molecular weight is 300 g/mol. The first-order valence-corrected chi connectivity index (χ1v) is 6.19. The zero-order valence-corrected chi connectivity index (χ0v) is 10.7. The van der Waals surface area contributed by atoms with Crippen LogP contribution in [0.5, 0.6) is 0 Å². The second-order valence-electron chi connectivity index (χ2n) is 4.98. The molecule has 1 N–H and O–H groups in total. The molecular weight excluding hydrogens is 289 g/mol. The van der Waals surface area contributed by atoms with Crippen LogP contribution in [-0.4, -0.2) is 44.9 Å². The number of carboxylic acids is 1. The van der Waals surface area contributed by atoms with Gasteiger partial charge in [-0.2, -0.15) is 18.3 Å². The number of carboxylic acid groups (broad SMARTS) is 1. The summed E-state index contributed by atoms with van der Waals surface area (Å²) in [5, 5.41) is 13.0. The molecule has 112 valence electrons. The van der Waals surface area contributed by atoms with E-state index in [2.05, 4.69) is 10.1 Å². The fraction of sp³-hybridized carbons (Fsp3) is 0.417. The van der Waals surface area contributed by atoms with E-state index >= 15 is 0 Å². The van der Waals surface area contributed by atoms with E-state index < -0.39 is 30.5 Å². The highest BCUT2D eigenvalue weighted by Crippen LogP contribution is 2.46. The molecule has 3 heterocycles. The maximum atomic E-state index is 13.1. The normalized spacial score (nSPS) is 22.9. The van der Waals surface area contributed by atoms with Gasteiger partial charge in [0, 0.05) is 25.4 Å². The lowest BCUT2D eigenvalue weighted by Gasteiger charge is -2.27. The van der Waals surface area contributed by atoms with Crippen molar-refractivity contribution in [3.63, 3.8) is 0 Å². The van der Waals surface area contributed by atoms with Crippen LogP contribution in [0.3, 0.4) is 0 Å². The lowest BCUT2D eigenvalue weighted by molar-refractivity contribution is -0.225. The summed E-state index contributed by atoms with van der Waals surface area (Å²) < 4.78 is 40.8. The highest BCUT2D eigenvalue weighted by atomic mass is 19.4. The van der Waals surface area contributed by atoms with Gasteiger partial charge in [0.1, 0.15) is 5.82 Å². The van der Waals surface area contributed by atoms with Crippen LogP contribution in [0.2, 0.25) is 0 Å². The zero-order valence-electron chi connectivity index (χ0n) is 10.7. The quantitative estimate of drug-likeness (QED) is 0.911. The molecule has 1 fully saturated rings. The predicted octanol–water partition coefficient (Wildman–Crippen LogP) is 1.57. The number of aromatic nitrogens is 3. The predicted molar refractivity (Wildman–Crippen MR) is 65.9 cm³/mol. The number of aliphatic carboxylic acids is 1.